The molecule has 2 aliphatic rings. The van der Waals surface area contributed by atoms with E-state index in [-0.39, 0.29) is 0 Å². The number of nitrogens with two attached hydrogens (primary N) is 1. The minimum absolute atomic E-state index is 0.391. The fourth-order valence-corrected chi connectivity index (χ4v) is 3.55. The van der Waals surface area contributed by atoms with Gasteiger partial charge in [0.2, 0.25) is 0 Å². The van der Waals surface area contributed by atoms with Gasteiger partial charge in [-0.05, 0) is 43.6 Å². The van der Waals surface area contributed by atoms with E-state index in [9.17, 15) is 0 Å². The van der Waals surface area contributed by atoms with Crippen molar-refractivity contribution in [2.24, 2.45) is 11.7 Å². The van der Waals surface area contributed by atoms with Crippen molar-refractivity contribution in [3.05, 3.63) is 28.3 Å². The average molecular weight is 267 g/mol. The first-order chi connectivity index (χ1) is 8.70. The lowest BCUT2D eigenvalue weighted by Gasteiger charge is -2.23. The SMILES string of the molecule is CN1CC(CN)CC1c1c(Cl)ccc2c1CCO2. The number of ether oxygens (including phenoxy) is 1. The Morgan fingerprint density at radius 1 is 1.50 bits per heavy atom. The molecule has 3 rings (SSSR count). The van der Waals surface area contributed by atoms with Gasteiger partial charge in [-0.25, -0.2) is 0 Å². The predicted molar refractivity (Wildman–Crippen MR) is 73.2 cm³/mol. The van der Waals surface area contributed by atoms with Crippen LogP contribution in [-0.4, -0.2) is 31.6 Å². The predicted octanol–water partition coefficient (Wildman–Crippen LogP) is 2.23. The Balaban J connectivity index is 1.99. The van der Waals surface area contributed by atoms with Crippen molar-refractivity contribution in [3.8, 4) is 5.75 Å². The lowest BCUT2D eigenvalue weighted by Crippen LogP contribution is -2.21. The van der Waals surface area contributed by atoms with Crippen LogP contribution < -0.4 is 10.5 Å². The second-order valence-electron chi connectivity index (χ2n) is 5.33. The van der Waals surface area contributed by atoms with Gasteiger partial charge in [0, 0.05) is 29.6 Å². The molecule has 0 spiro atoms. The van der Waals surface area contributed by atoms with Crippen LogP contribution in [0.1, 0.15) is 23.6 Å². The molecule has 98 valence electrons. The summed E-state index contributed by atoms with van der Waals surface area (Å²) in [5.41, 5.74) is 8.37. The van der Waals surface area contributed by atoms with E-state index in [4.69, 9.17) is 22.1 Å². The van der Waals surface area contributed by atoms with E-state index < -0.39 is 0 Å². The second-order valence-corrected chi connectivity index (χ2v) is 5.74. The fourth-order valence-electron chi connectivity index (χ4n) is 3.25. The Hall–Kier alpha value is -0.770. The molecule has 1 aromatic rings. The lowest BCUT2D eigenvalue weighted by atomic mass is 9.94. The van der Waals surface area contributed by atoms with Gasteiger partial charge in [0.1, 0.15) is 5.75 Å². The quantitative estimate of drug-likeness (QED) is 0.892. The third kappa shape index (κ3) is 1.91. The molecule has 3 nitrogen and oxygen atoms in total. The van der Waals surface area contributed by atoms with Gasteiger partial charge in [-0.15, -0.1) is 0 Å². The Kier molecular flexibility index (Phi) is 3.22. The van der Waals surface area contributed by atoms with Crippen molar-refractivity contribution < 1.29 is 4.74 Å². The minimum atomic E-state index is 0.391. The summed E-state index contributed by atoms with van der Waals surface area (Å²) in [6, 6.07) is 4.34. The molecular weight excluding hydrogens is 248 g/mol. The molecule has 2 aliphatic heterocycles. The number of hydrogen-bond acceptors (Lipinski definition) is 3. The summed E-state index contributed by atoms with van der Waals surface area (Å²) in [5, 5.41) is 0.869. The molecule has 2 N–H and O–H groups in total. The summed E-state index contributed by atoms with van der Waals surface area (Å²) < 4.78 is 5.64. The van der Waals surface area contributed by atoms with E-state index in [1.807, 2.05) is 12.1 Å². The number of likely N-dealkylation sites (tertiary alicyclic amines) is 1. The molecule has 0 radical (unpaired) electrons. The molecule has 0 saturated carbocycles. The van der Waals surface area contributed by atoms with Crippen molar-refractivity contribution in [3.63, 3.8) is 0 Å². The van der Waals surface area contributed by atoms with Crippen LogP contribution in [0.5, 0.6) is 5.75 Å². The highest BCUT2D eigenvalue weighted by molar-refractivity contribution is 6.31. The summed E-state index contributed by atoms with van der Waals surface area (Å²) in [5.74, 6) is 1.59. The summed E-state index contributed by atoms with van der Waals surface area (Å²) in [6.07, 6.45) is 2.08. The topological polar surface area (TPSA) is 38.5 Å². The smallest absolute Gasteiger partial charge is 0.123 e. The molecule has 2 atom stereocenters. The third-order valence-corrected chi connectivity index (χ3v) is 4.50. The molecule has 0 amide bonds. The molecular formula is C14H19ClN2O. The zero-order valence-electron chi connectivity index (χ0n) is 10.7. The highest BCUT2D eigenvalue weighted by atomic mass is 35.5. The monoisotopic (exact) mass is 266 g/mol. The first-order valence-electron chi connectivity index (χ1n) is 6.55. The second kappa shape index (κ2) is 4.72. The Morgan fingerprint density at radius 2 is 2.33 bits per heavy atom. The third-order valence-electron chi connectivity index (χ3n) is 4.17. The van der Waals surface area contributed by atoms with Gasteiger partial charge in [-0.1, -0.05) is 11.6 Å². The van der Waals surface area contributed by atoms with Gasteiger partial charge in [0.15, 0.2) is 0 Å². The van der Waals surface area contributed by atoms with Gasteiger partial charge >= 0.3 is 0 Å². The molecule has 0 aliphatic carbocycles. The zero-order valence-corrected chi connectivity index (χ0v) is 11.4. The number of hydrogen-bond donors (Lipinski definition) is 1. The molecule has 0 bridgehead atoms. The Labute approximate surface area is 113 Å². The number of fused-ring (bicyclic) bond motifs is 1. The fraction of sp³-hybridized carbons (Fsp3) is 0.571. The van der Waals surface area contributed by atoms with E-state index in [1.54, 1.807) is 0 Å². The maximum atomic E-state index is 6.43. The molecule has 2 unspecified atom stereocenters. The highest BCUT2D eigenvalue weighted by Crippen LogP contribution is 2.43. The number of rotatable bonds is 2. The van der Waals surface area contributed by atoms with Crippen molar-refractivity contribution in [2.45, 2.75) is 18.9 Å². The van der Waals surface area contributed by atoms with E-state index >= 15 is 0 Å². The molecule has 4 heteroatoms. The molecule has 1 fully saturated rings. The van der Waals surface area contributed by atoms with Crippen LogP contribution in [0.2, 0.25) is 5.02 Å². The van der Waals surface area contributed by atoms with Crippen molar-refractivity contribution in [1.82, 2.24) is 4.90 Å². The van der Waals surface area contributed by atoms with Gasteiger partial charge in [0.25, 0.3) is 0 Å². The van der Waals surface area contributed by atoms with Crippen LogP contribution in [-0.2, 0) is 6.42 Å². The van der Waals surface area contributed by atoms with Crippen molar-refractivity contribution in [2.75, 3.05) is 26.7 Å². The van der Waals surface area contributed by atoms with Crippen LogP contribution in [0.25, 0.3) is 0 Å². The van der Waals surface area contributed by atoms with Crippen LogP contribution in [0.4, 0.5) is 0 Å². The van der Waals surface area contributed by atoms with Crippen LogP contribution in [0, 0.1) is 5.92 Å². The summed E-state index contributed by atoms with van der Waals surface area (Å²) >= 11 is 6.43. The van der Waals surface area contributed by atoms with Gasteiger partial charge in [0.05, 0.1) is 6.61 Å². The Morgan fingerprint density at radius 3 is 3.06 bits per heavy atom. The highest BCUT2D eigenvalue weighted by Gasteiger charge is 2.34. The van der Waals surface area contributed by atoms with E-state index in [2.05, 4.69) is 11.9 Å². The van der Waals surface area contributed by atoms with Gasteiger partial charge in [-0.2, -0.15) is 0 Å². The van der Waals surface area contributed by atoms with Crippen LogP contribution >= 0.6 is 11.6 Å². The average Bonchev–Trinajstić information content (AvgIpc) is 2.96. The first kappa shape index (κ1) is 12.3. The normalized spacial score (nSPS) is 27.3. The molecule has 0 aromatic heterocycles. The van der Waals surface area contributed by atoms with E-state index in [1.165, 1.54) is 11.1 Å². The molecule has 1 aromatic carbocycles. The van der Waals surface area contributed by atoms with Crippen molar-refractivity contribution >= 4 is 11.6 Å². The van der Waals surface area contributed by atoms with Crippen LogP contribution in [0.3, 0.4) is 0 Å². The summed E-state index contributed by atoms with van der Waals surface area (Å²) in [4.78, 5) is 2.37. The standard InChI is InChI=1S/C14H19ClN2O/c1-17-8-9(7-16)6-12(17)14-10-4-5-18-13(10)3-2-11(14)15/h2-3,9,12H,4-8,16H2,1H3. The largest absolute Gasteiger partial charge is 0.493 e. The Bertz CT molecular complexity index is 463. The van der Waals surface area contributed by atoms with Gasteiger partial charge in [-0.3, -0.25) is 4.90 Å². The lowest BCUT2D eigenvalue weighted by molar-refractivity contribution is 0.312. The van der Waals surface area contributed by atoms with Crippen molar-refractivity contribution in [1.29, 1.82) is 0 Å². The first-order valence-corrected chi connectivity index (χ1v) is 6.93. The van der Waals surface area contributed by atoms with E-state index in [0.29, 0.717) is 12.0 Å². The minimum Gasteiger partial charge on any atom is -0.493 e. The number of halogens is 1. The van der Waals surface area contributed by atoms with E-state index in [0.717, 1.165) is 43.3 Å². The molecule has 18 heavy (non-hydrogen) atoms. The summed E-state index contributed by atoms with van der Waals surface area (Å²) in [6.45, 7) is 2.59. The molecule has 1 saturated heterocycles. The van der Waals surface area contributed by atoms with Gasteiger partial charge < -0.3 is 10.5 Å². The number of nitrogens with zero attached hydrogens (tertiary/aromatic N) is 1. The summed E-state index contributed by atoms with van der Waals surface area (Å²) in [7, 11) is 2.16. The zero-order chi connectivity index (χ0) is 12.7. The number of benzene rings is 1. The van der Waals surface area contributed by atoms with Crippen LogP contribution in [0.15, 0.2) is 12.1 Å². The maximum Gasteiger partial charge on any atom is 0.123 e. The maximum absolute atomic E-state index is 6.43. The molecule has 2 heterocycles.